The van der Waals surface area contributed by atoms with E-state index in [4.69, 9.17) is 9.72 Å². The van der Waals surface area contributed by atoms with Crippen molar-refractivity contribution in [3.05, 3.63) is 52.3 Å². The third-order valence-electron chi connectivity index (χ3n) is 5.52. The third-order valence-corrected chi connectivity index (χ3v) is 5.52. The first-order chi connectivity index (χ1) is 12.7. The molecular formula is C20H26N4O2. The minimum absolute atomic E-state index is 0.0884. The largest absolute Gasteiger partial charge is 0.378 e. The number of morpholine rings is 1. The zero-order valence-corrected chi connectivity index (χ0v) is 15.2. The lowest BCUT2D eigenvalue weighted by Crippen LogP contribution is -2.39. The fourth-order valence-electron chi connectivity index (χ4n) is 4.08. The molecule has 1 unspecified atom stereocenters. The molecule has 2 fully saturated rings. The number of nitrogens with zero attached hydrogens (tertiary/aromatic N) is 3. The molecular weight excluding hydrogens is 328 g/mol. The fourth-order valence-corrected chi connectivity index (χ4v) is 4.08. The molecule has 1 aromatic carbocycles. The summed E-state index contributed by atoms with van der Waals surface area (Å²) in [5, 5.41) is 0. The van der Waals surface area contributed by atoms with E-state index < -0.39 is 0 Å². The van der Waals surface area contributed by atoms with Gasteiger partial charge in [-0.1, -0.05) is 37.3 Å². The van der Waals surface area contributed by atoms with Crippen molar-refractivity contribution >= 4 is 11.8 Å². The average molecular weight is 354 g/mol. The second-order valence-corrected chi connectivity index (χ2v) is 7.13. The number of ether oxygens (including phenoxy) is 1. The SMILES string of the molecule is CC(c1ccccc1)[C@@H]1CCCN1c1nc(N2CCOCC2)cc(=O)[nH]1. The molecule has 26 heavy (non-hydrogen) atoms. The Kier molecular flexibility index (Phi) is 4.93. The van der Waals surface area contributed by atoms with Gasteiger partial charge in [-0.2, -0.15) is 4.98 Å². The molecule has 3 heterocycles. The number of benzene rings is 1. The second kappa shape index (κ2) is 7.50. The van der Waals surface area contributed by atoms with Crippen LogP contribution in [0, 0.1) is 0 Å². The quantitative estimate of drug-likeness (QED) is 0.913. The van der Waals surface area contributed by atoms with Gasteiger partial charge in [0.25, 0.3) is 5.56 Å². The number of aromatic amines is 1. The molecule has 4 rings (SSSR count). The van der Waals surface area contributed by atoms with Gasteiger partial charge in [0.2, 0.25) is 5.95 Å². The standard InChI is InChI=1S/C20H26N4O2/c1-15(16-6-3-2-4-7-16)17-8-5-9-24(17)20-21-18(14-19(25)22-20)23-10-12-26-13-11-23/h2-4,6-7,14-15,17H,5,8-13H2,1H3,(H,21,22,25)/t15?,17-/m0/s1. The van der Waals surface area contributed by atoms with Gasteiger partial charge in [0.1, 0.15) is 5.82 Å². The van der Waals surface area contributed by atoms with Crippen LogP contribution < -0.4 is 15.4 Å². The lowest BCUT2D eigenvalue weighted by atomic mass is 9.92. The van der Waals surface area contributed by atoms with Gasteiger partial charge in [0.05, 0.1) is 13.2 Å². The number of hydrogen-bond donors (Lipinski definition) is 1. The summed E-state index contributed by atoms with van der Waals surface area (Å²) < 4.78 is 5.41. The van der Waals surface area contributed by atoms with E-state index in [2.05, 4.69) is 46.0 Å². The Bertz CT molecular complexity index is 786. The highest BCUT2D eigenvalue weighted by molar-refractivity contribution is 5.46. The Balaban J connectivity index is 1.61. The van der Waals surface area contributed by atoms with E-state index in [1.165, 1.54) is 5.56 Å². The van der Waals surface area contributed by atoms with E-state index in [1.54, 1.807) is 6.07 Å². The lowest BCUT2D eigenvalue weighted by Gasteiger charge is -2.32. The van der Waals surface area contributed by atoms with Crippen molar-refractivity contribution in [2.24, 2.45) is 0 Å². The van der Waals surface area contributed by atoms with Gasteiger partial charge in [-0.25, -0.2) is 0 Å². The summed E-state index contributed by atoms with van der Waals surface area (Å²) >= 11 is 0. The molecule has 2 aliphatic heterocycles. The van der Waals surface area contributed by atoms with Crippen LogP contribution in [0.2, 0.25) is 0 Å². The summed E-state index contributed by atoms with van der Waals surface area (Å²) in [5.74, 6) is 1.84. The van der Waals surface area contributed by atoms with Gasteiger partial charge in [0, 0.05) is 37.7 Å². The normalized spacial score (nSPS) is 21.8. The first-order valence-electron chi connectivity index (χ1n) is 9.48. The summed E-state index contributed by atoms with van der Waals surface area (Å²) in [6, 6.07) is 12.5. The minimum atomic E-state index is -0.0884. The van der Waals surface area contributed by atoms with Crippen LogP contribution in [-0.2, 0) is 4.74 Å². The zero-order valence-electron chi connectivity index (χ0n) is 15.2. The summed E-state index contributed by atoms with van der Waals surface area (Å²) in [5.41, 5.74) is 1.24. The summed E-state index contributed by atoms with van der Waals surface area (Å²) in [7, 11) is 0. The van der Waals surface area contributed by atoms with Crippen molar-refractivity contribution < 1.29 is 4.74 Å². The Morgan fingerprint density at radius 1 is 1.19 bits per heavy atom. The fraction of sp³-hybridized carbons (Fsp3) is 0.500. The molecule has 1 aromatic heterocycles. The van der Waals surface area contributed by atoms with Crippen LogP contribution in [0.1, 0.15) is 31.2 Å². The molecule has 0 radical (unpaired) electrons. The highest BCUT2D eigenvalue weighted by Gasteiger charge is 2.32. The maximum absolute atomic E-state index is 12.3. The van der Waals surface area contributed by atoms with E-state index in [9.17, 15) is 4.79 Å². The molecule has 0 aliphatic carbocycles. The van der Waals surface area contributed by atoms with Crippen LogP contribution in [0.25, 0.3) is 0 Å². The summed E-state index contributed by atoms with van der Waals surface area (Å²) in [6.45, 7) is 6.11. The van der Waals surface area contributed by atoms with Crippen LogP contribution in [0.3, 0.4) is 0 Å². The monoisotopic (exact) mass is 354 g/mol. The predicted octanol–water partition coefficient (Wildman–Crippen LogP) is 2.38. The van der Waals surface area contributed by atoms with Crippen molar-refractivity contribution in [3.8, 4) is 0 Å². The number of anilines is 2. The van der Waals surface area contributed by atoms with Gasteiger partial charge in [-0.3, -0.25) is 9.78 Å². The molecule has 0 amide bonds. The topological polar surface area (TPSA) is 61.5 Å². The molecule has 6 nitrogen and oxygen atoms in total. The van der Waals surface area contributed by atoms with E-state index in [0.717, 1.165) is 38.3 Å². The summed E-state index contributed by atoms with van der Waals surface area (Å²) in [6.07, 6.45) is 2.23. The Labute approximate surface area is 153 Å². The molecule has 6 heteroatoms. The van der Waals surface area contributed by atoms with E-state index in [-0.39, 0.29) is 5.56 Å². The van der Waals surface area contributed by atoms with Crippen LogP contribution in [0.5, 0.6) is 0 Å². The number of nitrogens with one attached hydrogen (secondary N) is 1. The van der Waals surface area contributed by atoms with Gasteiger partial charge < -0.3 is 14.5 Å². The van der Waals surface area contributed by atoms with Crippen molar-refractivity contribution in [2.75, 3.05) is 42.6 Å². The lowest BCUT2D eigenvalue weighted by molar-refractivity contribution is 0.122. The molecule has 0 bridgehead atoms. The van der Waals surface area contributed by atoms with Crippen molar-refractivity contribution in [2.45, 2.75) is 31.7 Å². The first-order valence-corrected chi connectivity index (χ1v) is 9.48. The molecule has 2 aliphatic rings. The van der Waals surface area contributed by atoms with Crippen LogP contribution in [0.4, 0.5) is 11.8 Å². The molecule has 0 spiro atoms. The number of aromatic nitrogens is 2. The minimum Gasteiger partial charge on any atom is -0.378 e. The van der Waals surface area contributed by atoms with Crippen LogP contribution in [0.15, 0.2) is 41.2 Å². The Morgan fingerprint density at radius 2 is 1.96 bits per heavy atom. The Morgan fingerprint density at radius 3 is 2.73 bits per heavy atom. The molecule has 0 saturated carbocycles. The third kappa shape index (κ3) is 3.46. The van der Waals surface area contributed by atoms with Crippen molar-refractivity contribution in [1.82, 2.24) is 9.97 Å². The predicted molar refractivity (Wildman–Crippen MR) is 103 cm³/mol. The summed E-state index contributed by atoms with van der Waals surface area (Å²) in [4.78, 5) is 24.5. The number of H-pyrrole nitrogens is 1. The zero-order chi connectivity index (χ0) is 17.9. The van der Waals surface area contributed by atoms with Crippen molar-refractivity contribution in [1.29, 1.82) is 0 Å². The smallest absolute Gasteiger partial charge is 0.254 e. The van der Waals surface area contributed by atoms with Crippen LogP contribution >= 0.6 is 0 Å². The number of hydrogen-bond acceptors (Lipinski definition) is 5. The van der Waals surface area contributed by atoms with Gasteiger partial charge in [-0.15, -0.1) is 0 Å². The van der Waals surface area contributed by atoms with E-state index >= 15 is 0 Å². The average Bonchev–Trinajstić information content (AvgIpc) is 3.18. The van der Waals surface area contributed by atoms with Crippen molar-refractivity contribution in [3.63, 3.8) is 0 Å². The van der Waals surface area contributed by atoms with E-state index in [0.29, 0.717) is 31.1 Å². The maximum Gasteiger partial charge on any atom is 0.254 e. The Hall–Kier alpha value is -2.34. The molecule has 1 N–H and O–H groups in total. The molecule has 2 saturated heterocycles. The highest BCUT2D eigenvalue weighted by Crippen LogP contribution is 2.33. The second-order valence-electron chi connectivity index (χ2n) is 7.13. The highest BCUT2D eigenvalue weighted by atomic mass is 16.5. The van der Waals surface area contributed by atoms with Gasteiger partial charge in [-0.05, 0) is 18.4 Å². The van der Waals surface area contributed by atoms with Crippen LogP contribution in [-0.4, -0.2) is 48.9 Å². The molecule has 2 atom stereocenters. The first kappa shape index (κ1) is 17.1. The molecule has 2 aromatic rings. The maximum atomic E-state index is 12.3. The van der Waals surface area contributed by atoms with E-state index in [1.807, 2.05) is 6.07 Å². The number of rotatable bonds is 4. The molecule has 138 valence electrons. The van der Waals surface area contributed by atoms with Gasteiger partial charge >= 0.3 is 0 Å². The van der Waals surface area contributed by atoms with Gasteiger partial charge in [0.15, 0.2) is 0 Å².